The van der Waals surface area contributed by atoms with Gasteiger partial charge in [0.1, 0.15) is 5.82 Å². The second kappa shape index (κ2) is 5.42. The normalized spacial score (nSPS) is 10.8. The van der Waals surface area contributed by atoms with Crippen molar-refractivity contribution in [2.75, 3.05) is 7.05 Å². The van der Waals surface area contributed by atoms with E-state index in [0.717, 1.165) is 22.3 Å². The van der Waals surface area contributed by atoms with E-state index in [1.165, 1.54) is 12.1 Å². The van der Waals surface area contributed by atoms with E-state index in [4.69, 9.17) is 0 Å². The lowest BCUT2D eigenvalue weighted by molar-refractivity contribution is 0.611. The molecule has 17 heavy (non-hydrogen) atoms. The van der Waals surface area contributed by atoms with Crippen LogP contribution in [-0.2, 0) is 13.1 Å². The minimum atomic E-state index is -0.239. The highest BCUT2D eigenvalue weighted by Crippen LogP contribution is 2.19. The first-order chi connectivity index (χ1) is 8.20. The molecule has 1 aromatic heterocycles. The summed E-state index contributed by atoms with van der Waals surface area (Å²) in [7, 11) is 1.89. The van der Waals surface area contributed by atoms with Gasteiger partial charge in [-0.3, -0.25) is 4.68 Å². The van der Waals surface area contributed by atoms with E-state index in [-0.39, 0.29) is 5.82 Å². The number of hydrogen-bond acceptors (Lipinski definition) is 2. The Balaban J connectivity index is 2.22. The topological polar surface area (TPSA) is 29.9 Å². The number of rotatable bonds is 4. The molecule has 0 radical (unpaired) electrons. The molecule has 0 spiro atoms. The van der Waals surface area contributed by atoms with E-state index in [1.807, 2.05) is 17.8 Å². The molecule has 0 saturated heterocycles. The zero-order chi connectivity index (χ0) is 12.3. The molecule has 90 valence electrons. The summed E-state index contributed by atoms with van der Waals surface area (Å²) in [5.74, 6) is -0.239. The van der Waals surface area contributed by atoms with Crippen molar-refractivity contribution in [2.24, 2.45) is 0 Å². The molecule has 2 rings (SSSR count). The minimum Gasteiger partial charge on any atom is -0.314 e. The third-order valence-electron chi connectivity index (χ3n) is 2.50. The molecule has 5 heteroatoms. The maximum atomic E-state index is 13.0. The zero-order valence-corrected chi connectivity index (χ0v) is 11.0. The molecule has 1 N–H and O–H groups in total. The molecular formula is C12H13BrFN3. The quantitative estimate of drug-likeness (QED) is 0.940. The van der Waals surface area contributed by atoms with Gasteiger partial charge in [-0.05, 0) is 30.8 Å². The third kappa shape index (κ3) is 2.92. The summed E-state index contributed by atoms with van der Waals surface area (Å²) in [6, 6.07) is 6.66. The van der Waals surface area contributed by atoms with E-state index in [9.17, 15) is 4.39 Å². The molecule has 0 aliphatic carbocycles. The molecule has 0 bridgehead atoms. The highest BCUT2D eigenvalue weighted by molar-refractivity contribution is 9.10. The molecule has 0 amide bonds. The van der Waals surface area contributed by atoms with E-state index in [2.05, 4.69) is 26.3 Å². The molecular weight excluding hydrogens is 285 g/mol. The summed E-state index contributed by atoms with van der Waals surface area (Å²) in [4.78, 5) is 0. The summed E-state index contributed by atoms with van der Waals surface area (Å²) in [6.45, 7) is 1.39. The molecule has 0 unspecified atom stereocenters. The Morgan fingerprint density at radius 1 is 1.41 bits per heavy atom. The molecule has 3 nitrogen and oxygen atoms in total. The fourth-order valence-corrected chi connectivity index (χ4v) is 2.12. The standard InChI is InChI=1S/C12H13BrFN3/c1-15-7-11-4-5-16-17(11)8-9-2-3-10(14)6-12(9)13/h2-6,15H,7-8H2,1H3. The lowest BCUT2D eigenvalue weighted by Gasteiger charge is -2.09. The van der Waals surface area contributed by atoms with Crippen molar-refractivity contribution in [3.63, 3.8) is 0 Å². The van der Waals surface area contributed by atoms with Gasteiger partial charge in [-0.2, -0.15) is 5.10 Å². The summed E-state index contributed by atoms with van der Waals surface area (Å²) < 4.78 is 15.6. The van der Waals surface area contributed by atoms with E-state index >= 15 is 0 Å². The fraction of sp³-hybridized carbons (Fsp3) is 0.250. The number of nitrogens with zero attached hydrogens (tertiary/aromatic N) is 2. The first-order valence-corrected chi connectivity index (χ1v) is 6.09. The van der Waals surface area contributed by atoms with Crippen LogP contribution in [0.1, 0.15) is 11.3 Å². The van der Waals surface area contributed by atoms with Gasteiger partial charge in [-0.15, -0.1) is 0 Å². The van der Waals surface area contributed by atoms with Crippen LogP contribution in [0.4, 0.5) is 4.39 Å². The van der Waals surface area contributed by atoms with Crippen molar-refractivity contribution in [1.29, 1.82) is 0 Å². The van der Waals surface area contributed by atoms with Gasteiger partial charge in [0.05, 0.1) is 12.2 Å². The number of aromatic nitrogens is 2. The van der Waals surface area contributed by atoms with Crippen molar-refractivity contribution in [1.82, 2.24) is 15.1 Å². The van der Waals surface area contributed by atoms with Crippen LogP contribution >= 0.6 is 15.9 Å². The Kier molecular flexibility index (Phi) is 3.91. The average molecular weight is 298 g/mol. The van der Waals surface area contributed by atoms with Crippen LogP contribution in [-0.4, -0.2) is 16.8 Å². The fourth-order valence-electron chi connectivity index (χ4n) is 1.64. The largest absolute Gasteiger partial charge is 0.314 e. The highest BCUT2D eigenvalue weighted by atomic mass is 79.9. The second-order valence-corrected chi connectivity index (χ2v) is 4.60. The summed E-state index contributed by atoms with van der Waals surface area (Å²) >= 11 is 3.36. The molecule has 2 aromatic rings. The van der Waals surface area contributed by atoms with Crippen molar-refractivity contribution in [3.8, 4) is 0 Å². The van der Waals surface area contributed by atoms with Gasteiger partial charge in [-0.1, -0.05) is 22.0 Å². The Morgan fingerprint density at radius 2 is 2.24 bits per heavy atom. The predicted molar refractivity (Wildman–Crippen MR) is 68.2 cm³/mol. The average Bonchev–Trinajstić information content (AvgIpc) is 2.71. The Hall–Kier alpha value is -1.20. The van der Waals surface area contributed by atoms with Crippen LogP contribution in [0.3, 0.4) is 0 Å². The summed E-state index contributed by atoms with van der Waals surface area (Å²) in [5, 5.41) is 7.34. The van der Waals surface area contributed by atoms with E-state index in [0.29, 0.717) is 6.54 Å². The Morgan fingerprint density at radius 3 is 2.94 bits per heavy atom. The first kappa shape index (κ1) is 12.3. The number of nitrogens with one attached hydrogen (secondary N) is 1. The van der Waals surface area contributed by atoms with Gasteiger partial charge >= 0.3 is 0 Å². The SMILES string of the molecule is CNCc1ccnn1Cc1ccc(F)cc1Br. The lowest BCUT2D eigenvalue weighted by atomic mass is 10.2. The van der Waals surface area contributed by atoms with Crippen molar-refractivity contribution < 1.29 is 4.39 Å². The van der Waals surface area contributed by atoms with E-state index in [1.54, 1.807) is 12.3 Å². The van der Waals surface area contributed by atoms with Gasteiger partial charge in [0.15, 0.2) is 0 Å². The molecule has 0 aliphatic rings. The van der Waals surface area contributed by atoms with Gasteiger partial charge in [0, 0.05) is 17.2 Å². The van der Waals surface area contributed by atoms with Crippen LogP contribution in [0.5, 0.6) is 0 Å². The van der Waals surface area contributed by atoms with Gasteiger partial charge in [0.25, 0.3) is 0 Å². The zero-order valence-electron chi connectivity index (χ0n) is 9.45. The van der Waals surface area contributed by atoms with Crippen LogP contribution < -0.4 is 5.32 Å². The number of halogens is 2. The maximum Gasteiger partial charge on any atom is 0.124 e. The van der Waals surface area contributed by atoms with E-state index < -0.39 is 0 Å². The highest BCUT2D eigenvalue weighted by Gasteiger charge is 2.06. The molecule has 0 aliphatic heterocycles. The molecule has 1 heterocycles. The third-order valence-corrected chi connectivity index (χ3v) is 3.24. The van der Waals surface area contributed by atoms with Crippen LogP contribution in [0, 0.1) is 5.82 Å². The Labute approximate surface area is 108 Å². The molecule has 0 saturated carbocycles. The summed E-state index contributed by atoms with van der Waals surface area (Å²) in [5.41, 5.74) is 2.11. The smallest absolute Gasteiger partial charge is 0.124 e. The van der Waals surface area contributed by atoms with Crippen LogP contribution in [0.2, 0.25) is 0 Å². The van der Waals surface area contributed by atoms with Crippen LogP contribution in [0.15, 0.2) is 34.9 Å². The van der Waals surface area contributed by atoms with Crippen molar-refractivity contribution in [3.05, 3.63) is 52.0 Å². The minimum absolute atomic E-state index is 0.239. The Bertz CT molecular complexity index is 510. The molecule has 0 fully saturated rings. The number of benzene rings is 1. The van der Waals surface area contributed by atoms with Crippen LogP contribution in [0.25, 0.3) is 0 Å². The number of hydrogen-bond donors (Lipinski definition) is 1. The summed E-state index contributed by atoms with van der Waals surface area (Å²) in [6.07, 6.45) is 1.77. The van der Waals surface area contributed by atoms with Gasteiger partial charge < -0.3 is 5.32 Å². The van der Waals surface area contributed by atoms with Gasteiger partial charge in [-0.25, -0.2) is 4.39 Å². The predicted octanol–water partition coefficient (Wildman–Crippen LogP) is 2.55. The molecule has 1 aromatic carbocycles. The van der Waals surface area contributed by atoms with Gasteiger partial charge in [0.2, 0.25) is 0 Å². The second-order valence-electron chi connectivity index (χ2n) is 3.75. The maximum absolute atomic E-state index is 13.0. The molecule has 0 atom stereocenters. The first-order valence-electron chi connectivity index (χ1n) is 5.30. The van der Waals surface area contributed by atoms with Crippen molar-refractivity contribution in [2.45, 2.75) is 13.1 Å². The monoisotopic (exact) mass is 297 g/mol. The lowest BCUT2D eigenvalue weighted by Crippen LogP contribution is -2.13. The van der Waals surface area contributed by atoms with Crippen molar-refractivity contribution >= 4 is 15.9 Å².